The summed E-state index contributed by atoms with van der Waals surface area (Å²) in [7, 11) is -2.49. The zero-order chi connectivity index (χ0) is 13.3. The number of azo groups is 1. The van der Waals surface area contributed by atoms with Gasteiger partial charge in [-0.3, -0.25) is 4.57 Å². The van der Waals surface area contributed by atoms with Crippen molar-refractivity contribution in [3.63, 3.8) is 0 Å². The third-order valence-electron chi connectivity index (χ3n) is 1.66. The Morgan fingerprint density at radius 1 is 1.24 bits per heavy atom. The molecule has 0 amide bonds. The summed E-state index contributed by atoms with van der Waals surface area (Å²) in [4.78, 5) is 11.5. The van der Waals surface area contributed by atoms with E-state index in [4.69, 9.17) is 9.05 Å². The molecule has 0 heterocycles. The number of methoxy groups -OCH3 is 1. The lowest BCUT2D eigenvalue weighted by Crippen LogP contribution is -2.22. The maximum Gasteiger partial charge on any atom is 0.368 e. The summed E-state index contributed by atoms with van der Waals surface area (Å²) in [5.41, 5.74) is 0. The van der Waals surface area contributed by atoms with E-state index >= 15 is 0 Å². The summed E-state index contributed by atoms with van der Waals surface area (Å²) in [6.07, 6.45) is 0. The first-order chi connectivity index (χ1) is 8.05. The molecule has 0 aromatic rings. The topological polar surface area (TPSA) is 86.6 Å². The highest BCUT2D eigenvalue weighted by Crippen LogP contribution is 2.54. The van der Waals surface area contributed by atoms with E-state index in [1.165, 1.54) is 7.11 Å². The van der Waals surface area contributed by atoms with E-state index in [2.05, 4.69) is 15.0 Å². The number of ether oxygens (including phenoxy) is 1. The molecule has 0 fully saturated rings. The van der Waals surface area contributed by atoms with Crippen LogP contribution in [0.1, 0.15) is 20.8 Å². The molecule has 0 spiro atoms. The van der Waals surface area contributed by atoms with Crippen molar-refractivity contribution in [1.29, 1.82) is 0 Å². The van der Waals surface area contributed by atoms with Gasteiger partial charge in [0, 0.05) is 0 Å². The lowest BCUT2D eigenvalue weighted by atomic mass is 10.7. The summed E-state index contributed by atoms with van der Waals surface area (Å²) >= 11 is 0. The van der Waals surface area contributed by atoms with Gasteiger partial charge in [-0.1, -0.05) is 0 Å². The molecule has 1 unspecified atom stereocenters. The maximum absolute atomic E-state index is 12.3. The first-order valence-electron chi connectivity index (χ1n) is 5.38. The van der Waals surface area contributed by atoms with Crippen LogP contribution in [0.3, 0.4) is 0 Å². The Morgan fingerprint density at radius 2 is 1.76 bits per heavy atom. The van der Waals surface area contributed by atoms with Crippen molar-refractivity contribution in [3.8, 4) is 0 Å². The van der Waals surface area contributed by atoms with Crippen LogP contribution >= 0.6 is 7.60 Å². The molecule has 0 radical (unpaired) electrons. The molecule has 0 rings (SSSR count). The fourth-order valence-corrected chi connectivity index (χ4v) is 2.68. The molecule has 0 aliphatic rings. The quantitative estimate of drug-likeness (QED) is 0.382. The van der Waals surface area contributed by atoms with Gasteiger partial charge < -0.3 is 13.8 Å². The summed E-state index contributed by atoms with van der Waals surface area (Å²) < 4.78 is 26.9. The predicted molar refractivity (Wildman–Crippen MR) is 62.1 cm³/mol. The van der Waals surface area contributed by atoms with Gasteiger partial charge in [0.1, 0.15) is 0 Å². The van der Waals surface area contributed by atoms with Crippen LogP contribution in [-0.4, -0.2) is 38.6 Å². The van der Waals surface area contributed by atoms with Crippen molar-refractivity contribution >= 4 is 13.6 Å². The summed E-state index contributed by atoms with van der Waals surface area (Å²) in [5.74, 6) is -2.14. The van der Waals surface area contributed by atoms with E-state index in [1.807, 2.05) is 0 Å². The highest BCUT2D eigenvalue weighted by atomic mass is 31.2. The van der Waals surface area contributed by atoms with Gasteiger partial charge in [-0.25, -0.2) is 4.79 Å². The number of hydrogen-bond donors (Lipinski definition) is 0. The predicted octanol–water partition coefficient (Wildman–Crippen LogP) is 2.22. The van der Waals surface area contributed by atoms with Crippen LogP contribution in [0, 0.1) is 0 Å². The summed E-state index contributed by atoms with van der Waals surface area (Å²) in [5, 5.41) is 7.32. The van der Waals surface area contributed by atoms with Crippen molar-refractivity contribution in [2.24, 2.45) is 10.2 Å². The minimum atomic E-state index is -3.67. The average Bonchev–Trinajstić information content (AvgIpc) is 2.29. The third kappa shape index (κ3) is 4.93. The zero-order valence-electron chi connectivity index (χ0n) is 10.6. The molecule has 0 aromatic carbocycles. The van der Waals surface area contributed by atoms with Crippen LogP contribution in [0.5, 0.6) is 0 Å². The van der Waals surface area contributed by atoms with Gasteiger partial charge in [0.25, 0.3) is 5.78 Å². The number of carbonyl (C=O) groups is 1. The van der Waals surface area contributed by atoms with Crippen molar-refractivity contribution in [2.75, 3.05) is 26.9 Å². The highest BCUT2D eigenvalue weighted by Gasteiger charge is 2.42. The van der Waals surface area contributed by atoms with Gasteiger partial charge in [-0.05, 0) is 20.8 Å². The molecule has 0 bridgehead atoms. The second kappa shape index (κ2) is 8.33. The Hall–Kier alpha value is -0.780. The molecule has 0 N–H and O–H groups in total. The third-order valence-corrected chi connectivity index (χ3v) is 3.81. The van der Waals surface area contributed by atoms with Crippen LogP contribution in [-0.2, 0) is 23.1 Å². The lowest BCUT2D eigenvalue weighted by molar-refractivity contribution is -0.140. The summed E-state index contributed by atoms with van der Waals surface area (Å²) in [6, 6.07) is 0. The fourth-order valence-electron chi connectivity index (χ4n) is 1.04. The standard InChI is InChI=1S/C9H19N2O5P/c1-5-10-11-8(9(12)14-4)17(13,15-6-2)16-7-3/h8H,5-7H2,1-4H3/b11-10-. The Morgan fingerprint density at radius 3 is 2.12 bits per heavy atom. The summed E-state index contributed by atoms with van der Waals surface area (Å²) in [6.45, 7) is 5.70. The van der Waals surface area contributed by atoms with Gasteiger partial charge in [-0.15, -0.1) is 0 Å². The maximum atomic E-state index is 12.3. The Bertz CT molecular complexity index is 298. The molecule has 0 saturated carbocycles. The van der Waals surface area contributed by atoms with Crippen LogP contribution in [0.15, 0.2) is 10.2 Å². The van der Waals surface area contributed by atoms with E-state index in [1.54, 1.807) is 20.8 Å². The number of nitrogens with zero attached hydrogens (tertiary/aromatic N) is 2. The molecular weight excluding hydrogens is 247 g/mol. The van der Waals surface area contributed by atoms with Crippen molar-refractivity contribution in [2.45, 2.75) is 26.6 Å². The number of hydrogen-bond acceptors (Lipinski definition) is 7. The molecule has 0 saturated heterocycles. The van der Waals surface area contributed by atoms with Gasteiger partial charge in [-0.2, -0.15) is 10.2 Å². The second-order valence-corrected chi connectivity index (χ2v) is 4.93. The minimum absolute atomic E-state index is 0.145. The van der Waals surface area contributed by atoms with Gasteiger partial charge in [0.2, 0.25) is 0 Å². The van der Waals surface area contributed by atoms with E-state index < -0.39 is 19.3 Å². The molecule has 0 aliphatic carbocycles. The van der Waals surface area contributed by atoms with Crippen molar-refractivity contribution in [1.82, 2.24) is 0 Å². The van der Waals surface area contributed by atoms with Crippen molar-refractivity contribution in [3.05, 3.63) is 0 Å². The Labute approximate surface area is 101 Å². The van der Waals surface area contributed by atoms with Gasteiger partial charge in [0.15, 0.2) is 0 Å². The fraction of sp³-hybridized carbons (Fsp3) is 0.889. The molecule has 7 nitrogen and oxygen atoms in total. The first kappa shape index (κ1) is 16.2. The smallest absolute Gasteiger partial charge is 0.368 e. The Kier molecular flexibility index (Phi) is 7.95. The first-order valence-corrected chi connectivity index (χ1v) is 7.00. The van der Waals surface area contributed by atoms with E-state index in [0.29, 0.717) is 6.54 Å². The number of esters is 1. The molecule has 100 valence electrons. The molecule has 8 heteroatoms. The van der Waals surface area contributed by atoms with Crippen LogP contribution in [0.25, 0.3) is 0 Å². The zero-order valence-corrected chi connectivity index (χ0v) is 11.5. The molecule has 0 aliphatic heterocycles. The monoisotopic (exact) mass is 266 g/mol. The van der Waals surface area contributed by atoms with Crippen molar-refractivity contribution < 1.29 is 23.1 Å². The van der Waals surface area contributed by atoms with Crippen LogP contribution in [0.2, 0.25) is 0 Å². The largest absolute Gasteiger partial charge is 0.467 e. The molecule has 0 aromatic heterocycles. The molecule has 1 atom stereocenters. The number of carbonyl (C=O) groups excluding carboxylic acids is 1. The molecule has 17 heavy (non-hydrogen) atoms. The SMILES string of the molecule is CC/N=N\C(C(=O)OC)P(=O)(OCC)OCC. The molecular formula is C9H19N2O5P. The van der Waals surface area contributed by atoms with Gasteiger partial charge in [0.05, 0.1) is 26.9 Å². The normalized spacial score (nSPS) is 13.9. The van der Waals surface area contributed by atoms with Crippen LogP contribution in [0.4, 0.5) is 0 Å². The van der Waals surface area contributed by atoms with E-state index in [9.17, 15) is 9.36 Å². The lowest BCUT2D eigenvalue weighted by Gasteiger charge is -2.20. The van der Waals surface area contributed by atoms with E-state index in [-0.39, 0.29) is 13.2 Å². The minimum Gasteiger partial charge on any atom is -0.467 e. The van der Waals surface area contributed by atoms with E-state index in [0.717, 1.165) is 0 Å². The Balaban J connectivity index is 5.13. The van der Waals surface area contributed by atoms with Crippen LogP contribution < -0.4 is 0 Å². The number of rotatable bonds is 8. The highest BCUT2D eigenvalue weighted by molar-refractivity contribution is 7.55. The average molecular weight is 266 g/mol. The van der Waals surface area contributed by atoms with Gasteiger partial charge >= 0.3 is 13.6 Å². The second-order valence-electron chi connectivity index (χ2n) is 2.85.